The largest absolute Gasteiger partial charge is 0.464 e. The highest BCUT2D eigenvalue weighted by Gasteiger charge is 2.01. The van der Waals surface area contributed by atoms with Gasteiger partial charge in [0.05, 0.1) is 23.5 Å². The zero-order chi connectivity index (χ0) is 12.4. The van der Waals surface area contributed by atoms with E-state index < -0.39 is 0 Å². The first kappa shape index (κ1) is 11.3. The predicted molar refractivity (Wildman–Crippen MR) is 73.2 cm³/mol. The molecule has 0 aliphatic heterocycles. The summed E-state index contributed by atoms with van der Waals surface area (Å²) in [5, 5.41) is 4.23. The van der Waals surface area contributed by atoms with Crippen LogP contribution in [0.5, 0.6) is 0 Å². The number of rotatable bonds is 3. The molecule has 0 saturated carbocycles. The minimum Gasteiger partial charge on any atom is -0.464 e. The van der Waals surface area contributed by atoms with Crippen molar-refractivity contribution in [2.24, 2.45) is 0 Å². The second-order valence-electron chi connectivity index (χ2n) is 4.03. The topological polar surface area (TPSA) is 31.0 Å². The van der Waals surface area contributed by atoms with E-state index in [4.69, 9.17) is 4.42 Å². The summed E-state index contributed by atoms with van der Waals surface area (Å²) >= 11 is 3.39. The second-order valence-corrected chi connectivity index (χ2v) is 4.95. The highest BCUT2D eigenvalue weighted by atomic mass is 79.9. The Balaban J connectivity index is 1.79. The van der Waals surface area contributed by atoms with Crippen LogP contribution in [0.2, 0.25) is 0 Å². The molecule has 0 aliphatic rings. The van der Waals surface area contributed by atoms with Gasteiger partial charge in [-0.1, -0.05) is 24.3 Å². The Morgan fingerprint density at radius 3 is 2.61 bits per heavy atom. The quantitative estimate of drug-likeness (QED) is 0.733. The van der Waals surface area contributed by atoms with E-state index in [0.29, 0.717) is 0 Å². The number of hydrogen-bond acceptors (Lipinski definition) is 2. The smallest absolute Gasteiger partial charge is 0.133 e. The molecule has 0 spiro atoms. The fourth-order valence-corrected chi connectivity index (χ4v) is 2.16. The molecular weight excluding hydrogens is 292 g/mol. The normalized spacial score (nSPS) is 10.7. The zero-order valence-corrected chi connectivity index (χ0v) is 11.2. The maximum Gasteiger partial charge on any atom is 0.133 e. The average molecular weight is 303 g/mol. The molecule has 2 heterocycles. The van der Waals surface area contributed by atoms with Gasteiger partial charge in [-0.25, -0.2) is 0 Å². The van der Waals surface area contributed by atoms with E-state index >= 15 is 0 Å². The lowest BCUT2D eigenvalue weighted by atomic mass is 10.1. The van der Waals surface area contributed by atoms with E-state index in [0.717, 1.165) is 22.3 Å². The van der Waals surface area contributed by atoms with Gasteiger partial charge in [-0.3, -0.25) is 4.68 Å². The average Bonchev–Trinajstić information content (AvgIpc) is 3.02. The van der Waals surface area contributed by atoms with E-state index in [1.54, 1.807) is 12.5 Å². The van der Waals surface area contributed by atoms with Gasteiger partial charge in [-0.15, -0.1) is 0 Å². The molecule has 90 valence electrons. The van der Waals surface area contributed by atoms with Crippen LogP contribution in [0.3, 0.4) is 0 Å². The Morgan fingerprint density at radius 2 is 2.00 bits per heavy atom. The van der Waals surface area contributed by atoms with Crippen molar-refractivity contribution in [3.05, 3.63) is 65.1 Å². The van der Waals surface area contributed by atoms with E-state index in [9.17, 15) is 0 Å². The molecule has 3 rings (SSSR count). The van der Waals surface area contributed by atoms with E-state index in [-0.39, 0.29) is 0 Å². The van der Waals surface area contributed by atoms with Gasteiger partial charge in [0, 0.05) is 11.8 Å². The summed E-state index contributed by atoms with van der Waals surface area (Å²) < 4.78 is 8.25. The number of benzene rings is 1. The summed E-state index contributed by atoms with van der Waals surface area (Å²) in [6, 6.07) is 12.2. The highest BCUT2D eigenvalue weighted by molar-refractivity contribution is 9.10. The summed E-state index contributed by atoms with van der Waals surface area (Å²) in [6.45, 7) is 0.768. The fraction of sp³-hybridized carbons (Fsp3) is 0.0714. The Morgan fingerprint density at radius 1 is 1.17 bits per heavy atom. The Kier molecular flexibility index (Phi) is 3.02. The Labute approximate surface area is 113 Å². The molecular formula is C14H11BrN2O. The molecule has 3 aromatic rings. The van der Waals surface area contributed by atoms with Crippen LogP contribution in [0.4, 0.5) is 0 Å². The van der Waals surface area contributed by atoms with Crippen molar-refractivity contribution in [2.75, 3.05) is 0 Å². The van der Waals surface area contributed by atoms with Gasteiger partial charge in [0.25, 0.3) is 0 Å². The minimum atomic E-state index is 0.768. The monoisotopic (exact) mass is 302 g/mol. The van der Waals surface area contributed by atoms with Crippen molar-refractivity contribution in [3.8, 4) is 11.3 Å². The van der Waals surface area contributed by atoms with Crippen LogP contribution >= 0.6 is 15.9 Å². The fourth-order valence-electron chi connectivity index (χ4n) is 1.83. The summed E-state index contributed by atoms with van der Waals surface area (Å²) in [4.78, 5) is 0. The van der Waals surface area contributed by atoms with Crippen molar-refractivity contribution in [1.82, 2.24) is 9.78 Å². The molecule has 0 N–H and O–H groups in total. The van der Waals surface area contributed by atoms with E-state index in [1.807, 2.05) is 23.0 Å². The minimum absolute atomic E-state index is 0.768. The molecule has 2 aromatic heterocycles. The van der Waals surface area contributed by atoms with Crippen molar-refractivity contribution in [3.63, 3.8) is 0 Å². The summed E-state index contributed by atoms with van der Waals surface area (Å²) in [7, 11) is 0. The molecule has 0 unspecified atom stereocenters. The first-order chi connectivity index (χ1) is 8.81. The number of aromatic nitrogens is 2. The first-order valence-corrected chi connectivity index (χ1v) is 6.41. The van der Waals surface area contributed by atoms with Crippen LogP contribution in [0.1, 0.15) is 5.56 Å². The SMILES string of the molecule is Brc1cnn(Cc2ccc(-c3ccco3)cc2)c1. The molecule has 0 bridgehead atoms. The van der Waals surface area contributed by atoms with Crippen LogP contribution in [-0.2, 0) is 6.54 Å². The lowest BCUT2D eigenvalue weighted by Gasteiger charge is -2.03. The third kappa shape index (κ3) is 2.38. The standard InChI is InChI=1S/C14H11BrN2O/c15-13-8-16-17(10-13)9-11-3-5-12(6-4-11)14-2-1-7-18-14/h1-8,10H,9H2. The lowest BCUT2D eigenvalue weighted by Crippen LogP contribution is -1.99. The molecule has 4 heteroatoms. The van der Waals surface area contributed by atoms with E-state index in [2.05, 4.69) is 45.3 Å². The van der Waals surface area contributed by atoms with Crippen LogP contribution in [-0.4, -0.2) is 9.78 Å². The molecule has 0 radical (unpaired) electrons. The molecule has 0 amide bonds. The molecule has 1 aromatic carbocycles. The summed E-state index contributed by atoms with van der Waals surface area (Å²) in [5.41, 5.74) is 2.30. The van der Waals surface area contributed by atoms with Gasteiger partial charge in [-0.05, 0) is 33.6 Å². The second kappa shape index (κ2) is 4.82. The molecule has 0 fully saturated rings. The predicted octanol–water partition coefficient (Wildman–Crippen LogP) is 3.95. The maximum absolute atomic E-state index is 5.36. The number of halogens is 1. The van der Waals surface area contributed by atoms with Gasteiger partial charge in [0.2, 0.25) is 0 Å². The third-order valence-electron chi connectivity index (χ3n) is 2.71. The van der Waals surface area contributed by atoms with Gasteiger partial charge in [0.15, 0.2) is 0 Å². The number of hydrogen-bond donors (Lipinski definition) is 0. The lowest BCUT2D eigenvalue weighted by molar-refractivity contribution is 0.582. The van der Waals surface area contributed by atoms with Gasteiger partial charge >= 0.3 is 0 Å². The zero-order valence-electron chi connectivity index (χ0n) is 9.58. The van der Waals surface area contributed by atoms with Gasteiger partial charge < -0.3 is 4.42 Å². The molecule has 18 heavy (non-hydrogen) atoms. The molecule has 3 nitrogen and oxygen atoms in total. The summed E-state index contributed by atoms with van der Waals surface area (Å²) in [6.07, 6.45) is 5.43. The summed E-state index contributed by atoms with van der Waals surface area (Å²) in [5.74, 6) is 0.892. The molecule has 0 saturated heterocycles. The Hall–Kier alpha value is -1.81. The van der Waals surface area contributed by atoms with Crippen molar-refractivity contribution in [2.45, 2.75) is 6.54 Å². The van der Waals surface area contributed by atoms with Crippen molar-refractivity contribution in [1.29, 1.82) is 0 Å². The van der Waals surface area contributed by atoms with Gasteiger partial charge in [0.1, 0.15) is 5.76 Å². The maximum atomic E-state index is 5.36. The van der Waals surface area contributed by atoms with Crippen molar-refractivity contribution >= 4 is 15.9 Å². The third-order valence-corrected chi connectivity index (χ3v) is 3.12. The van der Waals surface area contributed by atoms with Crippen molar-refractivity contribution < 1.29 is 4.42 Å². The van der Waals surface area contributed by atoms with Crippen LogP contribution in [0, 0.1) is 0 Å². The molecule has 0 aliphatic carbocycles. The van der Waals surface area contributed by atoms with Crippen LogP contribution in [0.25, 0.3) is 11.3 Å². The Bertz CT molecular complexity index is 626. The van der Waals surface area contributed by atoms with E-state index in [1.165, 1.54) is 5.56 Å². The van der Waals surface area contributed by atoms with Gasteiger partial charge in [-0.2, -0.15) is 5.10 Å². The first-order valence-electron chi connectivity index (χ1n) is 5.62. The highest BCUT2D eigenvalue weighted by Crippen LogP contribution is 2.20. The number of furan rings is 1. The number of nitrogens with zero attached hydrogens (tertiary/aromatic N) is 2. The van der Waals surface area contributed by atoms with Crippen LogP contribution in [0.15, 0.2) is 63.9 Å². The van der Waals surface area contributed by atoms with Crippen LogP contribution < -0.4 is 0 Å². The molecule has 0 atom stereocenters.